The third kappa shape index (κ3) is 3.44. The molecule has 1 aliphatic rings. The van der Waals surface area contributed by atoms with Gasteiger partial charge in [0.2, 0.25) is 6.79 Å². The number of hydrogen-bond acceptors (Lipinski definition) is 4. The molecule has 1 amide bonds. The molecule has 0 fully saturated rings. The minimum Gasteiger partial charge on any atom is -0.454 e. The molecule has 1 aliphatic heterocycles. The van der Waals surface area contributed by atoms with E-state index in [9.17, 15) is 4.79 Å². The van der Waals surface area contributed by atoms with Gasteiger partial charge in [0.15, 0.2) is 11.5 Å². The number of ether oxygens (including phenoxy) is 2. The van der Waals surface area contributed by atoms with E-state index in [1.54, 1.807) is 24.4 Å². The summed E-state index contributed by atoms with van der Waals surface area (Å²) in [5.74, 6) is 0.970. The van der Waals surface area contributed by atoms with Gasteiger partial charge in [-0.3, -0.25) is 4.79 Å². The number of carbonyl (C=O) groups excluding carboxylic acids is 1. The van der Waals surface area contributed by atoms with Crippen molar-refractivity contribution in [1.29, 1.82) is 0 Å². The van der Waals surface area contributed by atoms with Crippen LogP contribution in [0.25, 0.3) is 0 Å². The predicted octanol–water partition coefficient (Wildman–Crippen LogP) is 2.76. The van der Waals surface area contributed by atoms with Crippen LogP contribution >= 0.6 is 0 Å². The smallest absolute Gasteiger partial charge is 0.271 e. The maximum absolute atomic E-state index is 12.0. The molecule has 0 aromatic heterocycles. The highest BCUT2D eigenvalue weighted by atomic mass is 16.7. The minimum atomic E-state index is -0.269. The zero-order chi connectivity index (χ0) is 15.2. The molecule has 0 spiro atoms. The summed E-state index contributed by atoms with van der Waals surface area (Å²) in [5, 5.41) is 3.96. The minimum absolute atomic E-state index is 0.193. The Bertz CT molecular complexity index is 684. The second kappa shape index (κ2) is 6.76. The Kier molecular flexibility index (Phi) is 4.34. The number of amides is 1. The summed E-state index contributed by atoms with van der Waals surface area (Å²) in [5.41, 5.74) is 4.25. The summed E-state index contributed by atoms with van der Waals surface area (Å²) in [7, 11) is 0. The van der Waals surface area contributed by atoms with Gasteiger partial charge in [0.1, 0.15) is 0 Å². The second-order valence-electron chi connectivity index (χ2n) is 4.84. The van der Waals surface area contributed by atoms with Gasteiger partial charge in [0.05, 0.1) is 0 Å². The molecule has 3 rings (SSSR count). The van der Waals surface area contributed by atoms with Crippen LogP contribution in [0.15, 0.2) is 53.6 Å². The summed E-state index contributed by atoms with van der Waals surface area (Å²) in [4.78, 5) is 12.0. The molecule has 0 atom stereocenters. The van der Waals surface area contributed by atoms with E-state index in [2.05, 4.69) is 22.7 Å². The molecule has 0 bridgehead atoms. The summed E-state index contributed by atoms with van der Waals surface area (Å²) in [6, 6.07) is 15.2. The van der Waals surface area contributed by atoms with Crippen LogP contribution in [-0.2, 0) is 6.42 Å². The number of hydrogen-bond donors (Lipinski definition) is 1. The molecule has 5 nitrogen and oxygen atoms in total. The predicted molar refractivity (Wildman–Crippen MR) is 83.3 cm³/mol. The number of carbonyl (C=O) groups is 1. The van der Waals surface area contributed by atoms with Crippen LogP contribution in [-0.4, -0.2) is 18.9 Å². The number of nitrogens with zero attached hydrogens (tertiary/aromatic N) is 1. The topological polar surface area (TPSA) is 59.9 Å². The van der Waals surface area contributed by atoms with Gasteiger partial charge in [0, 0.05) is 11.8 Å². The van der Waals surface area contributed by atoms with E-state index in [1.165, 1.54) is 5.56 Å². The molecule has 1 N–H and O–H groups in total. The maximum atomic E-state index is 12.0. The molecule has 0 radical (unpaired) electrons. The number of nitrogens with one attached hydrogen (secondary N) is 1. The lowest BCUT2D eigenvalue weighted by molar-refractivity contribution is 0.0954. The first-order valence-corrected chi connectivity index (χ1v) is 7.08. The van der Waals surface area contributed by atoms with Gasteiger partial charge >= 0.3 is 0 Å². The molecule has 112 valence electrons. The van der Waals surface area contributed by atoms with Crippen LogP contribution in [0.3, 0.4) is 0 Å². The number of rotatable bonds is 5. The summed E-state index contributed by atoms with van der Waals surface area (Å²) < 4.78 is 10.4. The van der Waals surface area contributed by atoms with Crippen molar-refractivity contribution in [2.24, 2.45) is 5.10 Å². The first-order valence-electron chi connectivity index (χ1n) is 7.08. The Morgan fingerprint density at radius 1 is 1.14 bits per heavy atom. The van der Waals surface area contributed by atoms with E-state index in [0.717, 1.165) is 12.8 Å². The molecule has 0 unspecified atom stereocenters. The van der Waals surface area contributed by atoms with E-state index < -0.39 is 0 Å². The van der Waals surface area contributed by atoms with Crippen molar-refractivity contribution in [3.05, 3.63) is 59.7 Å². The van der Waals surface area contributed by atoms with Crippen LogP contribution in [0.2, 0.25) is 0 Å². The van der Waals surface area contributed by atoms with Crippen molar-refractivity contribution in [3.8, 4) is 11.5 Å². The fourth-order valence-corrected chi connectivity index (χ4v) is 2.15. The lowest BCUT2D eigenvalue weighted by Crippen LogP contribution is -2.17. The van der Waals surface area contributed by atoms with Crippen molar-refractivity contribution >= 4 is 12.1 Å². The van der Waals surface area contributed by atoms with Crippen LogP contribution in [0.5, 0.6) is 11.5 Å². The molecular formula is C17H16N2O3. The molecule has 22 heavy (non-hydrogen) atoms. The standard InChI is InChI=1S/C17H16N2O3/c20-17(14-8-9-15-16(11-14)22-12-21-15)19-18-10-4-7-13-5-2-1-3-6-13/h1-3,5-6,8-11H,4,7,12H2,(H,19,20)/b18-10+. The summed E-state index contributed by atoms with van der Waals surface area (Å²) >= 11 is 0. The number of aryl methyl sites for hydroxylation is 1. The van der Waals surface area contributed by atoms with E-state index in [-0.39, 0.29) is 12.7 Å². The Balaban J connectivity index is 1.49. The lowest BCUT2D eigenvalue weighted by Gasteiger charge is -2.01. The van der Waals surface area contributed by atoms with Crippen LogP contribution in [0.1, 0.15) is 22.3 Å². The normalized spacial score (nSPS) is 12.5. The zero-order valence-electron chi connectivity index (χ0n) is 12.0. The summed E-state index contributed by atoms with van der Waals surface area (Å²) in [6.07, 6.45) is 3.37. The van der Waals surface area contributed by atoms with Gasteiger partial charge in [-0.2, -0.15) is 5.10 Å². The lowest BCUT2D eigenvalue weighted by atomic mass is 10.1. The highest BCUT2D eigenvalue weighted by molar-refractivity contribution is 5.95. The highest BCUT2D eigenvalue weighted by Gasteiger charge is 2.15. The quantitative estimate of drug-likeness (QED) is 0.681. The average molecular weight is 296 g/mol. The van der Waals surface area contributed by atoms with Crippen LogP contribution in [0, 0.1) is 0 Å². The maximum Gasteiger partial charge on any atom is 0.271 e. The van der Waals surface area contributed by atoms with Gasteiger partial charge in [-0.05, 0) is 36.6 Å². The van der Waals surface area contributed by atoms with Gasteiger partial charge in [0.25, 0.3) is 5.91 Å². The molecule has 0 aliphatic carbocycles. The zero-order valence-corrected chi connectivity index (χ0v) is 12.0. The monoisotopic (exact) mass is 296 g/mol. The molecule has 0 saturated carbocycles. The Labute approximate surface area is 128 Å². The SMILES string of the molecule is O=C(N/N=C/CCc1ccccc1)c1ccc2c(c1)OCO2. The molecule has 2 aromatic carbocycles. The number of hydrazone groups is 1. The Morgan fingerprint density at radius 2 is 1.95 bits per heavy atom. The fraction of sp³-hybridized carbons (Fsp3) is 0.176. The molecule has 1 heterocycles. The average Bonchev–Trinajstić information content (AvgIpc) is 3.03. The van der Waals surface area contributed by atoms with Crippen LogP contribution < -0.4 is 14.9 Å². The van der Waals surface area contributed by atoms with Gasteiger partial charge < -0.3 is 9.47 Å². The van der Waals surface area contributed by atoms with Crippen molar-refractivity contribution in [3.63, 3.8) is 0 Å². The van der Waals surface area contributed by atoms with Gasteiger partial charge in [-0.15, -0.1) is 0 Å². The van der Waals surface area contributed by atoms with Gasteiger partial charge in [-0.1, -0.05) is 30.3 Å². The van der Waals surface area contributed by atoms with Crippen molar-refractivity contribution < 1.29 is 14.3 Å². The van der Waals surface area contributed by atoms with E-state index in [4.69, 9.17) is 9.47 Å². The second-order valence-corrected chi connectivity index (χ2v) is 4.84. The Hall–Kier alpha value is -2.82. The van der Waals surface area contributed by atoms with Crippen LogP contribution in [0.4, 0.5) is 0 Å². The number of fused-ring (bicyclic) bond motifs is 1. The molecule has 5 heteroatoms. The third-order valence-electron chi connectivity index (χ3n) is 3.30. The molecular weight excluding hydrogens is 280 g/mol. The van der Waals surface area contributed by atoms with Crippen molar-refractivity contribution in [1.82, 2.24) is 5.43 Å². The van der Waals surface area contributed by atoms with Gasteiger partial charge in [-0.25, -0.2) is 5.43 Å². The fourth-order valence-electron chi connectivity index (χ4n) is 2.15. The highest BCUT2D eigenvalue weighted by Crippen LogP contribution is 2.32. The number of benzene rings is 2. The third-order valence-corrected chi connectivity index (χ3v) is 3.30. The Morgan fingerprint density at radius 3 is 2.82 bits per heavy atom. The first-order chi connectivity index (χ1) is 10.8. The van der Waals surface area contributed by atoms with E-state index in [0.29, 0.717) is 17.1 Å². The molecule has 2 aromatic rings. The summed E-state index contributed by atoms with van der Waals surface area (Å²) in [6.45, 7) is 0.193. The largest absolute Gasteiger partial charge is 0.454 e. The van der Waals surface area contributed by atoms with Crippen molar-refractivity contribution in [2.75, 3.05) is 6.79 Å². The molecule has 0 saturated heterocycles. The first kappa shape index (κ1) is 14.1. The van der Waals surface area contributed by atoms with E-state index >= 15 is 0 Å². The van der Waals surface area contributed by atoms with Crippen molar-refractivity contribution in [2.45, 2.75) is 12.8 Å². The van der Waals surface area contributed by atoms with E-state index in [1.807, 2.05) is 18.2 Å².